The van der Waals surface area contributed by atoms with Crippen molar-refractivity contribution in [3.63, 3.8) is 0 Å². The van der Waals surface area contributed by atoms with Crippen molar-refractivity contribution >= 4 is 20.8 Å². The summed E-state index contributed by atoms with van der Waals surface area (Å²) in [6.07, 6.45) is 1.07. The van der Waals surface area contributed by atoms with E-state index in [1.54, 1.807) is 37.3 Å². The third kappa shape index (κ3) is 4.73. The highest BCUT2D eigenvalue weighted by atomic mass is 32.2. The van der Waals surface area contributed by atoms with Gasteiger partial charge in [-0.05, 0) is 36.8 Å². The van der Waals surface area contributed by atoms with Gasteiger partial charge < -0.3 is 5.32 Å². The summed E-state index contributed by atoms with van der Waals surface area (Å²) in [4.78, 5) is 12.7. The maximum Gasteiger partial charge on any atom is 0.287 e. The topological polar surface area (TPSA) is 66.5 Å². The Kier molecular flexibility index (Phi) is 7.26. The fraction of sp³-hybridized carbons (Fsp3) is 0.348. The molecule has 3 rings (SSSR count). The van der Waals surface area contributed by atoms with Gasteiger partial charge in [0, 0.05) is 6.54 Å². The number of halogens is 1. The van der Waals surface area contributed by atoms with Gasteiger partial charge in [0.25, 0.3) is 15.9 Å². The number of unbranched alkanes of at least 4 members (excludes halogenated alkanes) is 1. The largest absolute Gasteiger partial charge is 0.379 e. The van der Waals surface area contributed by atoms with Crippen LogP contribution < -0.4 is 5.32 Å². The van der Waals surface area contributed by atoms with E-state index in [-0.39, 0.29) is 17.0 Å². The highest BCUT2D eigenvalue weighted by Crippen LogP contribution is 2.36. The van der Waals surface area contributed by atoms with E-state index in [4.69, 9.17) is 0 Å². The Morgan fingerprint density at radius 1 is 1.00 bits per heavy atom. The first-order valence-corrected chi connectivity index (χ1v) is 11.7. The Morgan fingerprint density at radius 2 is 1.63 bits per heavy atom. The number of rotatable bonds is 10. The van der Waals surface area contributed by atoms with Crippen molar-refractivity contribution in [2.24, 2.45) is 0 Å². The fourth-order valence-electron chi connectivity index (χ4n) is 3.53. The molecule has 1 heterocycles. The Bertz CT molecular complexity index is 992. The second-order valence-corrected chi connectivity index (χ2v) is 9.02. The summed E-state index contributed by atoms with van der Waals surface area (Å²) < 4.78 is 41.2. The van der Waals surface area contributed by atoms with Gasteiger partial charge in [-0.2, -0.15) is 4.31 Å². The highest BCUT2D eigenvalue weighted by molar-refractivity contribution is 7.99. The van der Waals surface area contributed by atoms with Gasteiger partial charge >= 0.3 is 0 Å². The lowest BCUT2D eigenvalue weighted by atomic mass is 10.1. The van der Waals surface area contributed by atoms with Crippen molar-refractivity contribution in [3.8, 4) is 0 Å². The van der Waals surface area contributed by atoms with Crippen LogP contribution in [0.2, 0.25) is 0 Å². The molecule has 0 spiro atoms. The second-order valence-electron chi connectivity index (χ2n) is 7.27. The first-order valence-electron chi connectivity index (χ1n) is 10.3. The number of hydrogen-bond donors (Lipinski definition) is 1. The summed E-state index contributed by atoms with van der Waals surface area (Å²) in [5.41, 5.74) is 1.57. The van der Waals surface area contributed by atoms with Crippen LogP contribution in [0.15, 0.2) is 66.4 Å². The normalized spacial score (nSPS) is 16.7. The number of benzene rings is 2. The molecule has 2 aromatic rings. The van der Waals surface area contributed by atoms with Crippen LogP contribution in [-0.2, 0) is 21.2 Å². The van der Waals surface area contributed by atoms with Crippen molar-refractivity contribution in [2.75, 3.05) is 6.54 Å². The van der Waals surface area contributed by atoms with Crippen molar-refractivity contribution in [2.45, 2.75) is 45.3 Å². The third-order valence-corrected chi connectivity index (χ3v) is 6.88. The predicted octanol–water partition coefficient (Wildman–Crippen LogP) is 4.24. The van der Waals surface area contributed by atoms with Crippen LogP contribution >= 0.6 is 0 Å². The summed E-state index contributed by atoms with van der Waals surface area (Å²) in [6.45, 7) is 2.18. The standard InChI is InChI=1S/C23H27FN2O3S/c1-2-11-20(24)26-23(27)21(22(30(26,28)29)19-15-7-4-8-16-19)25-17-10-9-14-18-12-5-3-6-13-18/h3-8,12-13,15-16,20,25H,2,9-11,14,17H2,1H3. The lowest BCUT2D eigenvalue weighted by Gasteiger charge is -2.20. The smallest absolute Gasteiger partial charge is 0.287 e. The van der Waals surface area contributed by atoms with E-state index < -0.39 is 22.2 Å². The van der Waals surface area contributed by atoms with Crippen LogP contribution in [0.25, 0.3) is 4.91 Å². The molecule has 0 radical (unpaired) electrons. The fourth-order valence-corrected chi connectivity index (χ4v) is 5.29. The van der Waals surface area contributed by atoms with Crippen LogP contribution in [0.3, 0.4) is 0 Å². The SMILES string of the molecule is CCCC(F)N1C(=O)C(NCCCCc2ccccc2)=C(c2ccccc2)S1(=O)=O. The maximum atomic E-state index is 14.6. The molecular formula is C23H27FN2O3S. The molecule has 5 nitrogen and oxygen atoms in total. The minimum Gasteiger partial charge on any atom is -0.379 e. The molecule has 2 aromatic carbocycles. The number of carbonyl (C=O) groups is 1. The van der Waals surface area contributed by atoms with Gasteiger partial charge in [-0.3, -0.25) is 4.79 Å². The molecule has 0 bridgehead atoms. The van der Waals surface area contributed by atoms with Gasteiger partial charge in [-0.15, -0.1) is 0 Å². The van der Waals surface area contributed by atoms with Gasteiger partial charge in [0.15, 0.2) is 6.30 Å². The Balaban J connectivity index is 1.78. The van der Waals surface area contributed by atoms with E-state index >= 15 is 0 Å². The molecule has 1 aliphatic rings. The third-order valence-electron chi connectivity index (χ3n) is 5.01. The summed E-state index contributed by atoms with van der Waals surface area (Å²) in [5, 5.41) is 2.99. The van der Waals surface area contributed by atoms with Gasteiger partial charge in [0.2, 0.25) is 0 Å². The number of nitrogens with zero attached hydrogens (tertiary/aromatic N) is 1. The van der Waals surface area contributed by atoms with Crippen molar-refractivity contribution in [1.82, 2.24) is 9.62 Å². The number of hydrogen-bond acceptors (Lipinski definition) is 4. The Labute approximate surface area is 177 Å². The monoisotopic (exact) mass is 430 g/mol. The number of amides is 1. The Hall–Kier alpha value is -2.67. The predicted molar refractivity (Wildman–Crippen MR) is 116 cm³/mol. The van der Waals surface area contributed by atoms with Crippen molar-refractivity contribution < 1.29 is 17.6 Å². The summed E-state index contributed by atoms with van der Waals surface area (Å²) in [5.74, 6) is -0.821. The van der Waals surface area contributed by atoms with E-state index in [0.717, 1.165) is 19.3 Å². The second kappa shape index (κ2) is 9.89. The maximum absolute atomic E-state index is 14.6. The zero-order valence-electron chi connectivity index (χ0n) is 17.1. The molecule has 0 saturated heterocycles. The summed E-state index contributed by atoms with van der Waals surface area (Å²) in [7, 11) is -4.26. The molecule has 0 fully saturated rings. The van der Waals surface area contributed by atoms with E-state index in [0.29, 0.717) is 22.8 Å². The number of sulfonamides is 1. The van der Waals surface area contributed by atoms with E-state index in [9.17, 15) is 17.6 Å². The molecule has 30 heavy (non-hydrogen) atoms. The van der Waals surface area contributed by atoms with Gasteiger partial charge in [0.1, 0.15) is 10.6 Å². The number of nitrogens with one attached hydrogen (secondary N) is 1. The summed E-state index contributed by atoms with van der Waals surface area (Å²) in [6, 6.07) is 18.5. The quantitative estimate of drug-likeness (QED) is 0.452. The van der Waals surface area contributed by atoms with Crippen molar-refractivity contribution in [3.05, 3.63) is 77.5 Å². The molecule has 0 aliphatic carbocycles. The molecular weight excluding hydrogens is 403 g/mol. The zero-order chi connectivity index (χ0) is 21.6. The molecule has 0 aromatic heterocycles. The molecule has 7 heteroatoms. The average molecular weight is 431 g/mol. The lowest BCUT2D eigenvalue weighted by Crippen LogP contribution is -2.39. The van der Waals surface area contributed by atoms with Crippen LogP contribution in [0, 0.1) is 0 Å². The molecule has 1 amide bonds. The number of aryl methyl sites for hydroxylation is 1. The van der Waals surface area contributed by atoms with Crippen LogP contribution in [-0.4, -0.2) is 31.5 Å². The molecule has 1 aliphatic heterocycles. The Morgan fingerprint density at radius 3 is 2.27 bits per heavy atom. The highest BCUT2D eigenvalue weighted by Gasteiger charge is 2.47. The first kappa shape index (κ1) is 22.0. The minimum absolute atomic E-state index is 0.0304. The molecule has 1 N–H and O–H groups in total. The average Bonchev–Trinajstić information content (AvgIpc) is 2.94. The van der Waals surface area contributed by atoms with Gasteiger partial charge in [0.05, 0.1) is 0 Å². The van der Waals surface area contributed by atoms with Crippen LogP contribution in [0.5, 0.6) is 0 Å². The van der Waals surface area contributed by atoms with Crippen LogP contribution in [0.4, 0.5) is 4.39 Å². The van der Waals surface area contributed by atoms with Gasteiger partial charge in [-0.1, -0.05) is 74.0 Å². The van der Waals surface area contributed by atoms with Crippen molar-refractivity contribution in [1.29, 1.82) is 0 Å². The lowest BCUT2D eigenvalue weighted by molar-refractivity contribution is -0.126. The van der Waals surface area contributed by atoms with Gasteiger partial charge in [-0.25, -0.2) is 12.8 Å². The minimum atomic E-state index is -4.26. The molecule has 1 atom stereocenters. The summed E-state index contributed by atoms with van der Waals surface area (Å²) >= 11 is 0. The van der Waals surface area contributed by atoms with E-state index in [1.807, 2.05) is 18.2 Å². The molecule has 0 saturated carbocycles. The molecule has 1 unspecified atom stereocenters. The first-order chi connectivity index (χ1) is 14.5. The molecule has 160 valence electrons. The van der Waals surface area contributed by atoms with Crippen LogP contribution in [0.1, 0.15) is 43.7 Å². The van der Waals surface area contributed by atoms with E-state index in [2.05, 4.69) is 17.4 Å². The number of carbonyl (C=O) groups excluding carboxylic acids is 1. The van der Waals surface area contributed by atoms with E-state index in [1.165, 1.54) is 5.56 Å². The number of alkyl halides is 1. The zero-order valence-corrected chi connectivity index (χ0v) is 17.9.